The highest BCUT2D eigenvalue weighted by Crippen LogP contribution is 2.35. The van der Waals surface area contributed by atoms with Gasteiger partial charge in [-0.05, 0) is 32.0 Å². The summed E-state index contributed by atoms with van der Waals surface area (Å²) in [5.74, 6) is -0.516. The lowest BCUT2D eigenvalue weighted by Gasteiger charge is -2.26. The summed E-state index contributed by atoms with van der Waals surface area (Å²) in [6, 6.07) is 5.09. The van der Waals surface area contributed by atoms with E-state index in [-0.39, 0.29) is 29.0 Å². The number of hydrogen-bond acceptors (Lipinski definition) is 2. The quantitative estimate of drug-likeness (QED) is 0.804. The van der Waals surface area contributed by atoms with Gasteiger partial charge < -0.3 is 4.90 Å². The summed E-state index contributed by atoms with van der Waals surface area (Å²) in [6.45, 7) is 3.68. The Kier molecular flexibility index (Phi) is 5.78. The van der Waals surface area contributed by atoms with E-state index in [1.807, 2.05) is 6.07 Å². The van der Waals surface area contributed by atoms with Crippen LogP contribution in [0.2, 0.25) is 0 Å². The van der Waals surface area contributed by atoms with E-state index in [0.717, 1.165) is 6.07 Å². The van der Waals surface area contributed by atoms with Crippen LogP contribution in [0.4, 0.5) is 13.2 Å². The van der Waals surface area contributed by atoms with E-state index in [1.54, 1.807) is 13.8 Å². The molecule has 1 rings (SSSR count). The highest BCUT2D eigenvalue weighted by molar-refractivity contribution is 9.10. The largest absolute Gasteiger partial charge is 0.417 e. The van der Waals surface area contributed by atoms with Crippen molar-refractivity contribution in [2.24, 2.45) is 0 Å². The van der Waals surface area contributed by atoms with E-state index < -0.39 is 17.6 Å². The zero-order valence-electron chi connectivity index (χ0n) is 11.5. The van der Waals surface area contributed by atoms with Crippen LogP contribution < -0.4 is 0 Å². The molecule has 0 heterocycles. The van der Waals surface area contributed by atoms with Gasteiger partial charge in [0.05, 0.1) is 18.1 Å². The summed E-state index contributed by atoms with van der Waals surface area (Å²) in [5.41, 5.74) is -0.936. The summed E-state index contributed by atoms with van der Waals surface area (Å²) in [7, 11) is 0. The molecule has 0 aliphatic rings. The van der Waals surface area contributed by atoms with Gasteiger partial charge in [-0.1, -0.05) is 15.9 Å². The summed E-state index contributed by atoms with van der Waals surface area (Å²) >= 11 is 2.84. The molecule has 1 aromatic rings. The van der Waals surface area contributed by atoms with Gasteiger partial charge in [-0.15, -0.1) is 0 Å². The second kappa shape index (κ2) is 6.94. The molecule has 0 fully saturated rings. The molecule has 3 nitrogen and oxygen atoms in total. The van der Waals surface area contributed by atoms with Gasteiger partial charge in [-0.2, -0.15) is 18.4 Å². The molecule has 21 heavy (non-hydrogen) atoms. The lowest BCUT2D eigenvalue weighted by molar-refractivity contribution is -0.138. The number of benzene rings is 1. The maximum Gasteiger partial charge on any atom is 0.417 e. The average Bonchev–Trinajstić information content (AvgIpc) is 2.37. The number of alkyl halides is 3. The lowest BCUT2D eigenvalue weighted by Crippen LogP contribution is -2.37. The van der Waals surface area contributed by atoms with Crippen LogP contribution >= 0.6 is 15.9 Å². The van der Waals surface area contributed by atoms with Crippen molar-refractivity contribution in [2.45, 2.75) is 32.5 Å². The van der Waals surface area contributed by atoms with E-state index in [4.69, 9.17) is 5.26 Å². The fourth-order valence-electron chi connectivity index (χ4n) is 1.81. The van der Waals surface area contributed by atoms with E-state index in [9.17, 15) is 18.0 Å². The van der Waals surface area contributed by atoms with Crippen molar-refractivity contribution >= 4 is 21.8 Å². The van der Waals surface area contributed by atoms with E-state index in [0.29, 0.717) is 0 Å². The molecule has 0 bridgehead atoms. The summed E-state index contributed by atoms with van der Waals surface area (Å²) < 4.78 is 38.5. The van der Waals surface area contributed by atoms with Crippen molar-refractivity contribution in [3.63, 3.8) is 0 Å². The van der Waals surface area contributed by atoms with Gasteiger partial charge >= 0.3 is 6.18 Å². The van der Waals surface area contributed by atoms with Gasteiger partial charge in [0, 0.05) is 22.6 Å². The standard InChI is InChI=1S/C14H14BrF3N2O/c1-9(2)20(7-3-6-19)13(21)10-4-5-12(15)11(8-10)14(16,17)18/h4-5,8-9H,3,7H2,1-2H3. The molecule has 1 aromatic carbocycles. The van der Waals surface area contributed by atoms with Crippen LogP contribution in [0.3, 0.4) is 0 Å². The van der Waals surface area contributed by atoms with Crippen molar-refractivity contribution in [3.05, 3.63) is 33.8 Å². The maximum atomic E-state index is 12.9. The predicted molar refractivity (Wildman–Crippen MR) is 75.5 cm³/mol. The second-order valence-corrected chi connectivity index (χ2v) is 5.55. The van der Waals surface area contributed by atoms with Crippen LogP contribution in [-0.2, 0) is 6.18 Å². The molecule has 0 unspecified atom stereocenters. The summed E-state index contributed by atoms with van der Waals surface area (Å²) in [4.78, 5) is 13.7. The molecular formula is C14H14BrF3N2O. The Hall–Kier alpha value is -1.55. The fourth-order valence-corrected chi connectivity index (χ4v) is 2.28. The molecule has 0 aromatic heterocycles. The average molecular weight is 363 g/mol. The van der Waals surface area contributed by atoms with Gasteiger partial charge in [-0.25, -0.2) is 0 Å². The number of nitriles is 1. The van der Waals surface area contributed by atoms with E-state index in [2.05, 4.69) is 15.9 Å². The van der Waals surface area contributed by atoms with Gasteiger partial charge in [0.2, 0.25) is 0 Å². The molecular weight excluding hydrogens is 349 g/mol. The SMILES string of the molecule is CC(C)N(CCC#N)C(=O)c1ccc(Br)c(C(F)(F)F)c1. The zero-order chi connectivity index (χ0) is 16.2. The maximum absolute atomic E-state index is 12.9. The Labute approximate surface area is 129 Å². The predicted octanol–water partition coefficient (Wildman–Crippen LogP) is 4.23. The van der Waals surface area contributed by atoms with Gasteiger partial charge in [-0.3, -0.25) is 4.79 Å². The highest BCUT2D eigenvalue weighted by atomic mass is 79.9. The first-order valence-corrected chi connectivity index (χ1v) is 7.02. The van der Waals surface area contributed by atoms with Crippen LogP contribution in [0.15, 0.2) is 22.7 Å². The normalized spacial score (nSPS) is 11.3. The Morgan fingerprint density at radius 2 is 2.05 bits per heavy atom. The number of carbonyl (C=O) groups excluding carboxylic acids is 1. The topological polar surface area (TPSA) is 44.1 Å². The molecule has 0 spiro atoms. The summed E-state index contributed by atoms with van der Waals surface area (Å²) in [5, 5.41) is 8.59. The summed E-state index contributed by atoms with van der Waals surface area (Å²) in [6.07, 6.45) is -4.41. The first-order chi connectivity index (χ1) is 9.68. The molecule has 7 heteroatoms. The zero-order valence-corrected chi connectivity index (χ0v) is 13.1. The van der Waals surface area contributed by atoms with Crippen LogP contribution in [0, 0.1) is 11.3 Å². The lowest BCUT2D eigenvalue weighted by atomic mass is 10.1. The first-order valence-electron chi connectivity index (χ1n) is 6.23. The number of rotatable bonds is 4. The number of nitrogens with zero attached hydrogens (tertiary/aromatic N) is 2. The first kappa shape index (κ1) is 17.5. The fraction of sp³-hybridized carbons (Fsp3) is 0.429. The Morgan fingerprint density at radius 3 is 2.52 bits per heavy atom. The van der Waals surface area contributed by atoms with Gasteiger partial charge in [0.25, 0.3) is 5.91 Å². The molecule has 0 atom stereocenters. The molecule has 1 amide bonds. The van der Waals surface area contributed by atoms with E-state index >= 15 is 0 Å². The molecule has 0 aliphatic carbocycles. The number of amides is 1. The van der Waals surface area contributed by atoms with Crippen molar-refractivity contribution in [3.8, 4) is 6.07 Å². The Morgan fingerprint density at radius 1 is 1.43 bits per heavy atom. The smallest absolute Gasteiger partial charge is 0.335 e. The van der Waals surface area contributed by atoms with Crippen LogP contribution in [0.5, 0.6) is 0 Å². The molecule has 114 valence electrons. The number of hydrogen-bond donors (Lipinski definition) is 0. The Balaban J connectivity index is 3.15. The van der Waals surface area contributed by atoms with Crippen molar-refractivity contribution in [1.29, 1.82) is 5.26 Å². The van der Waals surface area contributed by atoms with E-state index in [1.165, 1.54) is 17.0 Å². The monoisotopic (exact) mass is 362 g/mol. The second-order valence-electron chi connectivity index (χ2n) is 4.69. The van der Waals surface area contributed by atoms with Crippen molar-refractivity contribution < 1.29 is 18.0 Å². The van der Waals surface area contributed by atoms with Crippen LogP contribution in [-0.4, -0.2) is 23.4 Å². The third-order valence-electron chi connectivity index (χ3n) is 2.87. The molecule has 0 saturated heterocycles. The number of carbonyl (C=O) groups is 1. The highest BCUT2D eigenvalue weighted by Gasteiger charge is 2.34. The van der Waals surface area contributed by atoms with Crippen LogP contribution in [0.25, 0.3) is 0 Å². The molecule has 0 radical (unpaired) electrons. The Bertz CT molecular complexity index is 564. The minimum Gasteiger partial charge on any atom is -0.335 e. The third-order valence-corrected chi connectivity index (χ3v) is 3.56. The van der Waals surface area contributed by atoms with Crippen molar-refractivity contribution in [2.75, 3.05) is 6.54 Å². The minimum atomic E-state index is -4.54. The number of halogens is 4. The third kappa shape index (κ3) is 4.46. The van der Waals surface area contributed by atoms with Gasteiger partial charge in [0.1, 0.15) is 0 Å². The van der Waals surface area contributed by atoms with Gasteiger partial charge in [0.15, 0.2) is 0 Å². The molecule has 0 saturated carbocycles. The van der Waals surface area contributed by atoms with Crippen molar-refractivity contribution in [1.82, 2.24) is 4.90 Å². The minimum absolute atomic E-state index is 0.0443. The molecule has 0 aliphatic heterocycles. The van der Waals surface area contributed by atoms with Crippen LogP contribution in [0.1, 0.15) is 36.2 Å². The molecule has 0 N–H and O–H groups in total.